The highest BCUT2D eigenvalue weighted by molar-refractivity contribution is 6.00. The van der Waals surface area contributed by atoms with Gasteiger partial charge in [-0.2, -0.15) is 0 Å². The number of fused-ring (bicyclic) bond motifs is 1. The van der Waals surface area contributed by atoms with E-state index in [2.05, 4.69) is 11.7 Å². The molecule has 1 atom stereocenters. The summed E-state index contributed by atoms with van der Waals surface area (Å²) in [5, 5.41) is 0. The molecule has 0 aliphatic heterocycles. The Labute approximate surface area is 136 Å². The fourth-order valence-electron chi connectivity index (χ4n) is 3.52. The number of methoxy groups -OCH3 is 2. The highest BCUT2D eigenvalue weighted by Gasteiger charge is 2.30. The van der Waals surface area contributed by atoms with Crippen LogP contribution in [0.25, 0.3) is 0 Å². The molecule has 1 aliphatic rings. The number of carbonyl (C=O) groups excluding carboxylic acids is 2. The molecule has 0 radical (unpaired) electrons. The lowest BCUT2D eigenvalue weighted by Gasteiger charge is -2.29. The van der Waals surface area contributed by atoms with Crippen molar-refractivity contribution in [2.45, 2.75) is 46.0 Å². The summed E-state index contributed by atoms with van der Waals surface area (Å²) in [5.74, 6) is 0.717. The van der Waals surface area contributed by atoms with Crippen molar-refractivity contribution in [1.29, 1.82) is 0 Å². The summed E-state index contributed by atoms with van der Waals surface area (Å²) in [4.78, 5) is 23.6. The van der Waals surface area contributed by atoms with E-state index in [1.807, 2.05) is 6.92 Å². The van der Waals surface area contributed by atoms with Gasteiger partial charge in [-0.25, -0.2) is 4.79 Å². The summed E-state index contributed by atoms with van der Waals surface area (Å²) in [6.07, 6.45) is 3.05. The van der Waals surface area contributed by atoms with Gasteiger partial charge in [0.25, 0.3) is 0 Å². The SMILES string of the molecule is COC(=O)COc1c(OC)c2c(c(C)c1C(C)=O)[C@@H](C)CCC2. The third kappa shape index (κ3) is 3.19. The zero-order valence-electron chi connectivity index (χ0n) is 14.4. The average molecular weight is 320 g/mol. The molecule has 0 bridgehead atoms. The summed E-state index contributed by atoms with van der Waals surface area (Å²) in [6.45, 7) is 5.37. The molecule has 5 nitrogen and oxygen atoms in total. The predicted molar refractivity (Wildman–Crippen MR) is 86.6 cm³/mol. The highest BCUT2D eigenvalue weighted by atomic mass is 16.6. The number of hydrogen-bond acceptors (Lipinski definition) is 5. The molecule has 0 amide bonds. The molecule has 0 unspecified atom stereocenters. The summed E-state index contributed by atoms with van der Waals surface area (Å²) in [6, 6.07) is 0. The van der Waals surface area contributed by atoms with Crippen LogP contribution in [0, 0.1) is 6.92 Å². The minimum absolute atomic E-state index is 0.0961. The van der Waals surface area contributed by atoms with Crippen molar-refractivity contribution < 1.29 is 23.8 Å². The van der Waals surface area contributed by atoms with Gasteiger partial charge < -0.3 is 14.2 Å². The molecular weight excluding hydrogens is 296 g/mol. The first-order valence-electron chi connectivity index (χ1n) is 7.86. The molecule has 0 N–H and O–H groups in total. The molecule has 1 aliphatic carbocycles. The van der Waals surface area contributed by atoms with Gasteiger partial charge in [0.05, 0.1) is 19.8 Å². The average Bonchev–Trinajstić information content (AvgIpc) is 2.52. The maximum atomic E-state index is 12.2. The van der Waals surface area contributed by atoms with Gasteiger partial charge in [-0.05, 0) is 50.2 Å². The number of ketones is 1. The smallest absolute Gasteiger partial charge is 0.343 e. The van der Waals surface area contributed by atoms with E-state index in [1.54, 1.807) is 7.11 Å². The van der Waals surface area contributed by atoms with Gasteiger partial charge in [-0.15, -0.1) is 0 Å². The molecule has 23 heavy (non-hydrogen) atoms. The van der Waals surface area contributed by atoms with Crippen molar-refractivity contribution in [3.05, 3.63) is 22.3 Å². The fraction of sp³-hybridized carbons (Fsp3) is 0.556. The number of Topliss-reactive ketones (excluding diaryl/α,β-unsaturated/α-hetero) is 1. The molecule has 0 fully saturated rings. The van der Waals surface area contributed by atoms with Crippen LogP contribution in [0.2, 0.25) is 0 Å². The maximum Gasteiger partial charge on any atom is 0.343 e. The molecular formula is C18H24O5. The first kappa shape index (κ1) is 17.3. The molecule has 0 spiro atoms. The van der Waals surface area contributed by atoms with Crippen molar-refractivity contribution in [2.24, 2.45) is 0 Å². The quantitative estimate of drug-likeness (QED) is 0.616. The third-order valence-electron chi connectivity index (χ3n) is 4.49. The Morgan fingerprint density at radius 1 is 1.22 bits per heavy atom. The highest BCUT2D eigenvalue weighted by Crippen LogP contribution is 2.46. The number of ether oxygens (including phenoxy) is 3. The topological polar surface area (TPSA) is 61.8 Å². The van der Waals surface area contributed by atoms with E-state index < -0.39 is 5.97 Å². The van der Waals surface area contributed by atoms with Crippen LogP contribution in [0.5, 0.6) is 11.5 Å². The van der Waals surface area contributed by atoms with Crippen LogP contribution in [-0.4, -0.2) is 32.6 Å². The van der Waals surface area contributed by atoms with Gasteiger partial charge in [0.1, 0.15) is 0 Å². The van der Waals surface area contributed by atoms with Gasteiger partial charge in [0, 0.05) is 5.56 Å². The second-order valence-corrected chi connectivity index (χ2v) is 5.97. The Kier molecular flexibility index (Phi) is 5.29. The zero-order chi connectivity index (χ0) is 17.1. The van der Waals surface area contributed by atoms with E-state index >= 15 is 0 Å². The van der Waals surface area contributed by atoms with Crippen molar-refractivity contribution in [2.75, 3.05) is 20.8 Å². The Bertz CT molecular complexity index is 633. The molecule has 5 heteroatoms. The second-order valence-electron chi connectivity index (χ2n) is 5.97. The first-order chi connectivity index (χ1) is 10.9. The number of esters is 1. The minimum atomic E-state index is -0.495. The Morgan fingerprint density at radius 2 is 1.91 bits per heavy atom. The molecule has 1 aromatic rings. The van der Waals surface area contributed by atoms with Crippen molar-refractivity contribution in [3.63, 3.8) is 0 Å². The van der Waals surface area contributed by atoms with Gasteiger partial charge in [0.15, 0.2) is 23.9 Å². The second kappa shape index (κ2) is 7.02. The van der Waals surface area contributed by atoms with Gasteiger partial charge in [0.2, 0.25) is 0 Å². The standard InChI is InChI=1S/C18H24O5/c1-10-7-6-8-13-15(10)11(2)16(12(3)19)18(17(13)22-5)23-9-14(20)21-4/h10H,6-9H2,1-5H3/t10-/m0/s1. The van der Waals surface area contributed by atoms with E-state index in [1.165, 1.54) is 19.6 Å². The predicted octanol–water partition coefficient (Wildman–Crippen LogP) is 3.20. The Hall–Kier alpha value is -2.04. The molecule has 0 aromatic heterocycles. The Balaban J connectivity index is 2.65. The van der Waals surface area contributed by atoms with Crippen LogP contribution >= 0.6 is 0 Å². The fourth-order valence-corrected chi connectivity index (χ4v) is 3.52. The van der Waals surface area contributed by atoms with E-state index in [0.29, 0.717) is 23.0 Å². The summed E-state index contributed by atoms with van der Waals surface area (Å²) in [5.41, 5.74) is 3.70. The summed E-state index contributed by atoms with van der Waals surface area (Å²) < 4.78 is 15.8. The van der Waals surface area contributed by atoms with Crippen LogP contribution in [0.4, 0.5) is 0 Å². The van der Waals surface area contributed by atoms with Crippen molar-refractivity contribution in [1.82, 2.24) is 0 Å². The summed E-state index contributed by atoms with van der Waals surface area (Å²) in [7, 11) is 2.87. The molecule has 126 valence electrons. The zero-order valence-corrected chi connectivity index (χ0v) is 14.4. The number of hydrogen-bond donors (Lipinski definition) is 0. The van der Waals surface area contributed by atoms with E-state index in [0.717, 1.165) is 30.4 Å². The number of carbonyl (C=O) groups is 2. The molecule has 0 saturated heterocycles. The van der Waals surface area contributed by atoms with Crippen LogP contribution in [0.1, 0.15) is 59.7 Å². The van der Waals surface area contributed by atoms with Crippen LogP contribution in [0.3, 0.4) is 0 Å². The Morgan fingerprint density at radius 3 is 2.48 bits per heavy atom. The monoisotopic (exact) mass is 320 g/mol. The number of benzene rings is 1. The van der Waals surface area contributed by atoms with Crippen LogP contribution < -0.4 is 9.47 Å². The third-order valence-corrected chi connectivity index (χ3v) is 4.49. The lowest BCUT2D eigenvalue weighted by molar-refractivity contribution is -0.142. The van der Waals surface area contributed by atoms with Gasteiger partial charge >= 0.3 is 5.97 Å². The molecule has 1 aromatic carbocycles. The van der Waals surface area contributed by atoms with Crippen LogP contribution in [-0.2, 0) is 16.0 Å². The van der Waals surface area contributed by atoms with Crippen LogP contribution in [0.15, 0.2) is 0 Å². The van der Waals surface area contributed by atoms with Crippen molar-refractivity contribution in [3.8, 4) is 11.5 Å². The minimum Gasteiger partial charge on any atom is -0.493 e. The molecule has 2 rings (SSSR count). The lowest BCUT2D eigenvalue weighted by Crippen LogP contribution is -2.19. The van der Waals surface area contributed by atoms with Gasteiger partial charge in [-0.3, -0.25) is 4.79 Å². The summed E-state index contributed by atoms with van der Waals surface area (Å²) >= 11 is 0. The number of rotatable bonds is 5. The maximum absolute atomic E-state index is 12.2. The lowest BCUT2D eigenvalue weighted by atomic mass is 9.78. The van der Waals surface area contributed by atoms with E-state index in [-0.39, 0.29) is 12.4 Å². The molecule has 0 heterocycles. The normalized spacial score (nSPS) is 16.5. The van der Waals surface area contributed by atoms with Gasteiger partial charge in [-0.1, -0.05) is 6.92 Å². The largest absolute Gasteiger partial charge is 0.493 e. The van der Waals surface area contributed by atoms with E-state index in [4.69, 9.17) is 9.47 Å². The van der Waals surface area contributed by atoms with Crippen molar-refractivity contribution >= 4 is 11.8 Å². The van der Waals surface area contributed by atoms with E-state index in [9.17, 15) is 9.59 Å². The molecule has 0 saturated carbocycles. The first-order valence-corrected chi connectivity index (χ1v) is 7.86.